The summed E-state index contributed by atoms with van der Waals surface area (Å²) >= 11 is 0. The van der Waals surface area contributed by atoms with Crippen LogP contribution in [0.25, 0.3) is 10.9 Å². The molecule has 1 aromatic heterocycles. The molecule has 0 aliphatic rings. The van der Waals surface area contributed by atoms with Gasteiger partial charge in [0.1, 0.15) is 4.90 Å². The highest BCUT2D eigenvalue weighted by atomic mass is 32.2. The van der Waals surface area contributed by atoms with E-state index in [1.807, 2.05) is 0 Å². The van der Waals surface area contributed by atoms with E-state index in [0.717, 1.165) is 6.21 Å². The largest absolute Gasteiger partial charge is 0.295 e. The minimum atomic E-state index is -4.38. The molecule has 0 fully saturated rings. The molecule has 0 spiro atoms. The van der Waals surface area contributed by atoms with Gasteiger partial charge in [-0.25, -0.2) is 0 Å². The topological polar surface area (TPSA) is 133 Å². The van der Waals surface area contributed by atoms with Crippen LogP contribution in [0, 0.1) is 11.3 Å². The van der Waals surface area contributed by atoms with Gasteiger partial charge in [0.25, 0.3) is 10.1 Å². The maximum atomic E-state index is 11.3. The Morgan fingerprint density at radius 2 is 2.23 bits per heavy atom. The summed E-state index contributed by atoms with van der Waals surface area (Å²) in [5.74, 6) is -0.471. The fourth-order valence-corrected chi connectivity index (χ4v) is 2.44. The van der Waals surface area contributed by atoms with E-state index in [9.17, 15) is 17.8 Å². The van der Waals surface area contributed by atoms with Crippen LogP contribution in [-0.4, -0.2) is 30.0 Å². The molecule has 0 aliphatic heterocycles. The van der Waals surface area contributed by atoms with Crippen LogP contribution < -0.4 is 5.43 Å². The number of carbonyl (C=O) groups excluding carboxylic acids is 1. The first kappa shape index (κ1) is 15.6. The number of benzene rings is 1. The summed E-state index contributed by atoms with van der Waals surface area (Å²) in [6.45, 7) is 0. The summed E-state index contributed by atoms with van der Waals surface area (Å²) in [4.78, 5) is 14.9. The number of nitrogens with zero attached hydrogens (tertiary/aromatic N) is 3. The zero-order valence-electron chi connectivity index (χ0n) is 11.1. The molecule has 0 bridgehead atoms. The summed E-state index contributed by atoms with van der Waals surface area (Å²) in [6.07, 6.45) is 2.12. The molecular weight excluding hydrogens is 308 g/mol. The van der Waals surface area contributed by atoms with Crippen LogP contribution in [0.2, 0.25) is 0 Å². The van der Waals surface area contributed by atoms with Crippen molar-refractivity contribution in [2.24, 2.45) is 5.10 Å². The number of aromatic nitrogens is 1. The zero-order valence-corrected chi connectivity index (χ0v) is 11.9. The highest BCUT2D eigenvalue weighted by Crippen LogP contribution is 2.27. The lowest BCUT2D eigenvalue weighted by Crippen LogP contribution is -2.03. The number of hydrazone groups is 1. The molecule has 1 heterocycles. The van der Waals surface area contributed by atoms with E-state index < -0.39 is 15.9 Å². The first-order valence-corrected chi connectivity index (χ1v) is 7.41. The van der Waals surface area contributed by atoms with Gasteiger partial charge in [0.05, 0.1) is 29.9 Å². The van der Waals surface area contributed by atoms with E-state index >= 15 is 0 Å². The van der Waals surface area contributed by atoms with Gasteiger partial charge in [0, 0.05) is 11.6 Å². The van der Waals surface area contributed by atoms with E-state index in [4.69, 9.17) is 5.26 Å². The van der Waals surface area contributed by atoms with Crippen LogP contribution >= 0.6 is 0 Å². The Morgan fingerprint density at radius 3 is 2.91 bits per heavy atom. The highest BCUT2D eigenvalue weighted by Gasteiger charge is 2.16. The van der Waals surface area contributed by atoms with Crippen LogP contribution in [0.15, 0.2) is 40.5 Å². The van der Waals surface area contributed by atoms with E-state index in [1.54, 1.807) is 6.07 Å². The molecule has 9 heteroatoms. The lowest BCUT2D eigenvalue weighted by atomic mass is 10.2. The predicted octanol–water partition coefficient (Wildman–Crippen LogP) is 1.36. The Bertz CT molecular complexity index is 900. The average Bonchev–Trinajstić information content (AvgIpc) is 2.46. The normalized spacial score (nSPS) is 11.5. The van der Waals surface area contributed by atoms with E-state index in [-0.39, 0.29) is 22.2 Å². The first-order chi connectivity index (χ1) is 10.4. The van der Waals surface area contributed by atoms with Gasteiger partial charge in [-0.15, -0.1) is 0 Å². The second-order valence-electron chi connectivity index (χ2n) is 4.16. The minimum absolute atomic E-state index is 0.216. The Labute approximate surface area is 125 Å². The third-order valence-corrected chi connectivity index (χ3v) is 3.57. The van der Waals surface area contributed by atoms with Crippen LogP contribution in [0.4, 0.5) is 5.69 Å². The molecule has 8 nitrogen and oxygen atoms in total. The third kappa shape index (κ3) is 3.43. The molecule has 2 rings (SSSR count). The van der Waals surface area contributed by atoms with Gasteiger partial charge in [0.15, 0.2) is 5.78 Å². The number of nitrogens with one attached hydrogen (secondary N) is 1. The molecule has 0 atom stereocenters. The molecular formula is C13H10N4O4S. The maximum absolute atomic E-state index is 11.3. The summed E-state index contributed by atoms with van der Waals surface area (Å²) < 4.78 is 31.9. The Morgan fingerprint density at radius 1 is 1.45 bits per heavy atom. The van der Waals surface area contributed by atoms with Crippen molar-refractivity contribution < 1.29 is 17.8 Å². The number of Topliss-reactive ketones (excluding diaryl/α,β-unsaturated/α-hetero) is 1. The van der Waals surface area contributed by atoms with Crippen molar-refractivity contribution in [2.75, 3.05) is 5.43 Å². The Hall–Kier alpha value is -2.83. The second kappa shape index (κ2) is 6.30. The lowest BCUT2D eigenvalue weighted by molar-refractivity contribution is -0.111. The van der Waals surface area contributed by atoms with Crippen LogP contribution in [-0.2, 0) is 14.9 Å². The number of rotatable bonds is 5. The molecule has 0 amide bonds. The average molecular weight is 318 g/mol. The standard InChI is InChI=1S/C13H10N4O4S/c14-6-5-9(18)8-16-17-11-3-4-12(22(19,20)21)10-2-1-7-15-13(10)11/h1-4,7-8,17H,5H2,(H,19,20,21). The second-order valence-corrected chi connectivity index (χ2v) is 5.55. The van der Waals surface area contributed by atoms with Crippen LogP contribution in [0.5, 0.6) is 0 Å². The van der Waals surface area contributed by atoms with Crippen molar-refractivity contribution in [1.29, 1.82) is 5.26 Å². The van der Waals surface area contributed by atoms with Crippen molar-refractivity contribution in [3.63, 3.8) is 0 Å². The quantitative estimate of drug-likeness (QED) is 0.483. The number of nitriles is 1. The zero-order chi connectivity index (χ0) is 16.2. The number of pyridine rings is 1. The molecule has 0 saturated carbocycles. The summed E-state index contributed by atoms with van der Waals surface area (Å²) in [5, 5.41) is 12.2. The van der Waals surface area contributed by atoms with Gasteiger partial charge in [-0.05, 0) is 24.3 Å². The summed E-state index contributed by atoms with van der Waals surface area (Å²) in [5.41, 5.74) is 3.17. The minimum Gasteiger partial charge on any atom is -0.292 e. The monoisotopic (exact) mass is 318 g/mol. The lowest BCUT2D eigenvalue weighted by Gasteiger charge is -2.07. The van der Waals surface area contributed by atoms with Gasteiger partial charge in [-0.1, -0.05) is 0 Å². The number of fused-ring (bicyclic) bond motifs is 1. The molecule has 112 valence electrons. The Kier molecular flexibility index (Phi) is 4.45. The van der Waals surface area contributed by atoms with Gasteiger partial charge in [-0.2, -0.15) is 18.8 Å². The molecule has 2 aromatic rings. The molecule has 0 saturated heterocycles. The fraction of sp³-hybridized carbons (Fsp3) is 0.0769. The smallest absolute Gasteiger partial charge is 0.292 e. The molecule has 0 aliphatic carbocycles. The number of hydrogen-bond acceptors (Lipinski definition) is 7. The first-order valence-electron chi connectivity index (χ1n) is 5.97. The predicted molar refractivity (Wildman–Crippen MR) is 78.9 cm³/mol. The fourth-order valence-electron chi connectivity index (χ4n) is 1.76. The van der Waals surface area contributed by atoms with Gasteiger partial charge >= 0.3 is 0 Å². The van der Waals surface area contributed by atoms with E-state index in [2.05, 4.69) is 15.5 Å². The highest BCUT2D eigenvalue weighted by molar-refractivity contribution is 7.86. The van der Waals surface area contributed by atoms with Crippen molar-refractivity contribution in [3.8, 4) is 6.07 Å². The van der Waals surface area contributed by atoms with Crippen molar-refractivity contribution in [2.45, 2.75) is 11.3 Å². The van der Waals surface area contributed by atoms with Gasteiger partial charge in [-0.3, -0.25) is 19.8 Å². The molecule has 2 N–H and O–H groups in total. The van der Waals surface area contributed by atoms with Crippen molar-refractivity contribution >= 4 is 38.7 Å². The van der Waals surface area contributed by atoms with Crippen LogP contribution in [0.1, 0.15) is 6.42 Å². The number of hydrogen-bond donors (Lipinski definition) is 2. The molecule has 0 radical (unpaired) electrons. The number of carbonyl (C=O) groups is 1. The van der Waals surface area contributed by atoms with Gasteiger partial charge in [0.2, 0.25) is 0 Å². The molecule has 1 aromatic carbocycles. The third-order valence-electron chi connectivity index (χ3n) is 2.65. The maximum Gasteiger partial charge on any atom is 0.295 e. The molecule has 22 heavy (non-hydrogen) atoms. The summed E-state index contributed by atoms with van der Waals surface area (Å²) in [7, 11) is -4.38. The van der Waals surface area contributed by atoms with E-state index in [0.29, 0.717) is 5.69 Å². The SMILES string of the molecule is N#CCC(=O)C=NNc1ccc(S(=O)(=O)O)c2cccnc12. The Balaban J connectivity index is 2.42. The van der Waals surface area contributed by atoms with Crippen molar-refractivity contribution in [3.05, 3.63) is 30.5 Å². The van der Waals surface area contributed by atoms with E-state index in [1.165, 1.54) is 30.5 Å². The van der Waals surface area contributed by atoms with Crippen LogP contribution in [0.3, 0.4) is 0 Å². The summed E-state index contributed by atoms with van der Waals surface area (Å²) in [6, 6.07) is 7.28. The number of anilines is 1. The van der Waals surface area contributed by atoms with Crippen molar-refractivity contribution in [1.82, 2.24) is 4.98 Å². The molecule has 0 unspecified atom stereocenters. The number of ketones is 1. The van der Waals surface area contributed by atoms with Gasteiger partial charge < -0.3 is 0 Å².